The Hall–Kier alpha value is -4.00. The molecule has 1 saturated heterocycles. The van der Waals surface area contributed by atoms with Gasteiger partial charge < -0.3 is 24.0 Å². The molecule has 0 aliphatic carbocycles. The average molecular weight is 662 g/mol. The minimum absolute atomic E-state index is 0.381. The van der Waals surface area contributed by atoms with Gasteiger partial charge in [-0.2, -0.15) is 5.10 Å². The van der Waals surface area contributed by atoms with E-state index in [9.17, 15) is 9.90 Å². The number of halogens is 1. The van der Waals surface area contributed by atoms with Crippen LogP contribution in [-0.2, 0) is 18.0 Å². The maximum atomic E-state index is 11.2. The van der Waals surface area contributed by atoms with Crippen LogP contribution < -0.4 is 4.74 Å². The first-order chi connectivity index (χ1) is 22.0. The van der Waals surface area contributed by atoms with Crippen LogP contribution in [0.15, 0.2) is 48.9 Å². The van der Waals surface area contributed by atoms with E-state index in [2.05, 4.69) is 34.3 Å². The summed E-state index contributed by atoms with van der Waals surface area (Å²) in [5.74, 6) is 2.49. The topological polar surface area (TPSA) is 120 Å². The first kappa shape index (κ1) is 32.0. The summed E-state index contributed by atoms with van der Waals surface area (Å²) in [4.78, 5) is 26.8. The molecular formula is C33H40ClN7O4Si. The highest BCUT2D eigenvalue weighted by atomic mass is 35.5. The average Bonchev–Trinajstić information content (AvgIpc) is 3.63. The molecule has 2 aromatic carbocycles. The number of carbonyl (C=O) groups is 1. The van der Waals surface area contributed by atoms with Gasteiger partial charge in [0.2, 0.25) is 0 Å². The van der Waals surface area contributed by atoms with E-state index in [1.807, 2.05) is 48.1 Å². The van der Waals surface area contributed by atoms with Gasteiger partial charge in [-0.15, -0.1) is 0 Å². The van der Waals surface area contributed by atoms with Crippen LogP contribution in [-0.4, -0.2) is 73.2 Å². The molecule has 3 aromatic heterocycles. The lowest BCUT2D eigenvalue weighted by atomic mass is 9.94. The Labute approximate surface area is 274 Å². The number of hydrogen-bond acceptors (Lipinski definition) is 7. The van der Waals surface area contributed by atoms with Crippen LogP contribution >= 0.6 is 11.6 Å². The fourth-order valence-electron chi connectivity index (χ4n) is 5.70. The molecule has 1 aliphatic rings. The second-order valence-corrected chi connectivity index (χ2v) is 19.2. The minimum Gasteiger partial charge on any atom is -0.465 e. The highest BCUT2D eigenvalue weighted by Gasteiger charge is 2.22. The van der Waals surface area contributed by atoms with Crippen LogP contribution in [0.1, 0.15) is 25.1 Å². The Morgan fingerprint density at radius 1 is 1.09 bits per heavy atom. The van der Waals surface area contributed by atoms with E-state index in [1.54, 1.807) is 12.4 Å². The summed E-state index contributed by atoms with van der Waals surface area (Å²) in [6.07, 6.45) is 7.35. The molecule has 0 saturated carbocycles. The Kier molecular flexibility index (Phi) is 9.30. The third-order valence-corrected chi connectivity index (χ3v) is 10.6. The van der Waals surface area contributed by atoms with Gasteiger partial charge in [0.15, 0.2) is 0 Å². The van der Waals surface area contributed by atoms with Crippen LogP contribution in [0, 0.1) is 12.8 Å². The number of hydrogen-bond donors (Lipinski definition) is 1. The fraction of sp³-hybridized carbons (Fsp3) is 0.424. The zero-order valence-corrected chi connectivity index (χ0v) is 28.5. The van der Waals surface area contributed by atoms with Crippen molar-refractivity contribution in [3.63, 3.8) is 0 Å². The predicted octanol–water partition coefficient (Wildman–Crippen LogP) is 7.69. The molecule has 1 fully saturated rings. The molecule has 0 spiro atoms. The molecule has 11 nitrogen and oxygen atoms in total. The van der Waals surface area contributed by atoms with E-state index in [1.165, 1.54) is 4.90 Å². The van der Waals surface area contributed by atoms with Crippen molar-refractivity contribution in [1.82, 2.24) is 34.2 Å². The largest absolute Gasteiger partial charge is 0.465 e. The van der Waals surface area contributed by atoms with Gasteiger partial charge >= 0.3 is 6.09 Å². The molecule has 5 aromatic rings. The van der Waals surface area contributed by atoms with Crippen LogP contribution in [0.4, 0.5) is 4.79 Å². The minimum atomic E-state index is -1.17. The van der Waals surface area contributed by atoms with E-state index >= 15 is 0 Å². The van der Waals surface area contributed by atoms with Crippen molar-refractivity contribution in [3.8, 4) is 22.8 Å². The number of likely N-dealkylation sites (tertiary alicyclic amines) is 1. The SMILES string of the molecule is Cc1nc2ccc(Oc3ccc4ncc(-c5cnn(CCC6CCN(C(=O)O)CC6)c5)nc4c3Cl)cc2n1COCC[Si](C)(C)C. The van der Waals surface area contributed by atoms with Crippen LogP contribution in [0.25, 0.3) is 33.3 Å². The first-order valence-electron chi connectivity index (χ1n) is 15.7. The van der Waals surface area contributed by atoms with Crippen molar-refractivity contribution in [2.45, 2.75) is 65.1 Å². The number of fused-ring (bicyclic) bond motifs is 2. The van der Waals surface area contributed by atoms with E-state index in [0.29, 0.717) is 59.0 Å². The molecular weight excluding hydrogens is 622 g/mol. The van der Waals surface area contributed by atoms with Gasteiger partial charge in [-0.1, -0.05) is 31.2 Å². The molecule has 6 rings (SSSR count). The van der Waals surface area contributed by atoms with Gasteiger partial charge in [-0.05, 0) is 62.4 Å². The second kappa shape index (κ2) is 13.4. The molecule has 0 unspecified atom stereocenters. The number of piperidine rings is 1. The van der Waals surface area contributed by atoms with Crippen molar-refractivity contribution >= 4 is 47.8 Å². The van der Waals surface area contributed by atoms with E-state index in [4.69, 9.17) is 31.0 Å². The van der Waals surface area contributed by atoms with Crippen molar-refractivity contribution < 1.29 is 19.4 Å². The summed E-state index contributed by atoms with van der Waals surface area (Å²) in [5, 5.41) is 14.1. The lowest BCUT2D eigenvalue weighted by Crippen LogP contribution is -2.37. The molecule has 242 valence electrons. The molecule has 1 N–H and O–H groups in total. The number of nitrogens with zero attached hydrogens (tertiary/aromatic N) is 7. The maximum absolute atomic E-state index is 11.2. The first-order valence-corrected chi connectivity index (χ1v) is 19.8. The van der Waals surface area contributed by atoms with Gasteiger partial charge in [-0.3, -0.25) is 9.67 Å². The van der Waals surface area contributed by atoms with Crippen molar-refractivity contribution in [2.75, 3.05) is 19.7 Å². The highest BCUT2D eigenvalue weighted by Crippen LogP contribution is 2.36. The molecule has 13 heteroatoms. The number of aromatic nitrogens is 6. The number of benzene rings is 2. The quantitative estimate of drug-likeness (QED) is 0.113. The summed E-state index contributed by atoms with van der Waals surface area (Å²) in [6, 6.07) is 10.6. The Balaban J connectivity index is 1.15. The van der Waals surface area contributed by atoms with Crippen molar-refractivity contribution in [2.24, 2.45) is 5.92 Å². The molecule has 4 heterocycles. The Morgan fingerprint density at radius 3 is 2.63 bits per heavy atom. The summed E-state index contributed by atoms with van der Waals surface area (Å²) in [6.45, 7) is 12.1. The lowest BCUT2D eigenvalue weighted by molar-refractivity contribution is 0.0885. The predicted molar refractivity (Wildman–Crippen MR) is 181 cm³/mol. The fourth-order valence-corrected chi connectivity index (χ4v) is 6.70. The van der Waals surface area contributed by atoms with E-state index in [0.717, 1.165) is 60.9 Å². The summed E-state index contributed by atoms with van der Waals surface area (Å²) in [5.41, 5.74) is 4.54. The van der Waals surface area contributed by atoms with E-state index < -0.39 is 14.2 Å². The Bertz CT molecular complexity index is 1860. The lowest BCUT2D eigenvalue weighted by Gasteiger charge is -2.29. The molecule has 1 amide bonds. The molecule has 1 aliphatic heterocycles. The molecule has 0 bridgehead atoms. The number of rotatable bonds is 11. The summed E-state index contributed by atoms with van der Waals surface area (Å²) in [7, 11) is -1.17. The number of carboxylic acid groups (broad SMARTS) is 1. The second-order valence-electron chi connectivity index (χ2n) is 13.2. The standard InChI is InChI=1S/C33H40ClN7O4Si/c1-22-37-26-6-5-25(17-29(26)41(22)21-44-15-16-46(2,3)4)45-30-8-7-27-32(31(30)34)38-28(19-35-27)24-18-36-40(20-24)14-11-23-9-12-39(13-10-23)33(42)43/h5-8,17-20,23H,9-16,21H2,1-4H3,(H,42,43). The maximum Gasteiger partial charge on any atom is 0.407 e. The highest BCUT2D eigenvalue weighted by molar-refractivity contribution is 6.76. The molecule has 46 heavy (non-hydrogen) atoms. The monoisotopic (exact) mass is 661 g/mol. The normalized spacial score (nSPS) is 14.4. The van der Waals surface area contributed by atoms with Crippen molar-refractivity contribution in [1.29, 1.82) is 0 Å². The zero-order chi connectivity index (χ0) is 32.4. The van der Waals surface area contributed by atoms with Gasteiger partial charge in [0.1, 0.15) is 34.6 Å². The third-order valence-electron chi connectivity index (χ3n) is 8.55. The summed E-state index contributed by atoms with van der Waals surface area (Å²) < 4.78 is 16.3. The van der Waals surface area contributed by atoms with Crippen LogP contribution in [0.2, 0.25) is 30.7 Å². The van der Waals surface area contributed by atoms with Crippen LogP contribution in [0.3, 0.4) is 0 Å². The van der Waals surface area contributed by atoms with Crippen molar-refractivity contribution in [3.05, 3.63) is 59.8 Å². The number of ether oxygens (including phenoxy) is 2. The molecule has 0 radical (unpaired) electrons. The van der Waals surface area contributed by atoms with E-state index in [-0.39, 0.29) is 0 Å². The van der Waals surface area contributed by atoms with Crippen LogP contribution in [0.5, 0.6) is 11.5 Å². The zero-order valence-electron chi connectivity index (χ0n) is 26.7. The van der Waals surface area contributed by atoms with Gasteiger partial charge in [-0.25, -0.2) is 14.8 Å². The van der Waals surface area contributed by atoms with Gasteiger partial charge in [0.05, 0.1) is 34.6 Å². The van der Waals surface area contributed by atoms with Gasteiger partial charge in [0, 0.05) is 52.1 Å². The Morgan fingerprint density at radius 2 is 1.87 bits per heavy atom. The number of amides is 1. The molecule has 0 atom stereocenters. The number of imidazole rings is 1. The summed E-state index contributed by atoms with van der Waals surface area (Å²) >= 11 is 6.87. The number of aryl methyl sites for hydroxylation is 2. The smallest absolute Gasteiger partial charge is 0.407 e. The van der Waals surface area contributed by atoms with Gasteiger partial charge in [0.25, 0.3) is 0 Å². The third kappa shape index (κ3) is 7.35.